The fourth-order valence-electron chi connectivity index (χ4n) is 5.04. The number of hydrogen-bond donors (Lipinski definition) is 1. The Bertz CT molecular complexity index is 411. The van der Waals surface area contributed by atoms with Crippen LogP contribution in [0.2, 0.25) is 0 Å². The van der Waals surface area contributed by atoms with Gasteiger partial charge in [0.05, 0.1) is 6.10 Å². The Labute approximate surface area is 133 Å². The van der Waals surface area contributed by atoms with Gasteiger partial charge < -0.3 is 15.0 Å². The van der Waals surface area contributed by atoms with Crippen LogP contribution in [0.5, 0.6) is 0 Å². The van der Waals surface area contributed by atoms with Gasteiger partial charge in [-0.1, -0.05) is 6.42 Å². The van der Waals surface area contributed by atoms with Crippen molar-refractivity contribution in [3.63, 3.8) is 0 Å². The van der Waals surface area contributed by atoms with Crippen molar-refractivity contribution >= 4 is 6.03 Å². The van der Waals surface area contributed by atoms with E-state index in [1.165, 1.54) is 38.8 Å². The van der Waals surface area contributed by atoms with E-state index in [4.69, 9.17) is 4.74 Å². The van der Waals surface area contributed by atoms with Gasteiger partial charge in [0.15, 0.2) is 0 Å². The van der Waals surface area contributed by atoms with Crippen LogP contribution >= 0.6 is 0 Å². The van der Waals surface area contributed by atoms with Gasteiger partial charge in [0.25, 0.3) is 0 Å². The van der Waals surface area contributed by atoms with Crippen molar-refractivity contribution < 1.29 is 9.53 Å². The Morgan fingerprint density at radius 1 is 1.14 bits per heavy atom. The molecule has 5 heteroatoms. The first-order chi connectivity index (χ1) is 10.8. The fraction of sp³-hybridized carbons (Fsp3) is 0.941. The molecule has 4 atom stereocenters. The number of nitrogens with one attached hydrogen (secondary N) is 1. The molecule has 2 amide bonds. The van der Waals surface area contributed by atoms with Crippen molar-refractivity contribution in [3.8, 4) is 0 Å². The molecule has 0 unspecified atom stereocenters. The second-order valence-corrected chi connectivity index (χ2v) is 7.54. The number of hydrogen-bond acceptors (Lipinski definition) is 3. The predicted octanol–water partition coefficient (Wildman–Crippen LogP) is 1.68. The number of ether oxygens (including phenoxy) is 1. The number of piperidine rings is 1. The van der Waals surface area contributed by atoms with Gasteiger partial charge in [-0.3, -0.25) is 4.90 Å². The van der Waals surface area contributed by atoms with Gasteiger partial charge in [0.1, 0.15) is 0 Å². The van der Waals surface area contributed by atoms with Gasteiger partial charge in [-0.2, -0.15) is 0 Å². The van der Waals surface area contributed by atoms with E-state index in [1.807, 2.05) is 0 Å². The zero-order valence-corrected chi connectivity index (χ0v) is 13.5. The fourth-order valence-corrected chi connectivity index (χ4v) is 5.04. The number of amides is 2. The second-order valence-electron chi connectivity index (χ2n) is 7.54. The number of carbonyl (C=O) groups excluding carboxylic acids is 1. The molecular formula is C17H29N3O2. The Hall–Kier alpha value is -0.810. The van der Waals surface area contributed by atoms with Crippen LogP contribution in [0.3, 0.4) is 0 Å². The molecule has 0 aliphatic carbocycles. The van der Waals surface area contributed by atoms with Crippen molar-refractivity contribution in [3.05, 3.63) is 0 Å². The second kappa shape index (κ2) is 6.36. The van der Waals surface area contributed by atoms with E-state index in [0.29, 0.717) is 12.0 Å². The number of rotatable bonds is 3. The molecular weight excluding hydrogens is 278 g/mol. The van der Waals surface area contributed by atoms with Gasteiger partial charge in [0.2, 0.25) is 0 Å². The average Bonchev–Trinajstić information content (AvgIpc) is 3.22. The zero-order chi connectivity index (χ0) is 14.9. The maximum Gasteiger partial charge on any atom is 0.317 e. The molecule has 0 radical (unpaired) electrons. The molecule has 22 heavy (non-hydrogen) atoms. The van der Waals surface area contributed by atoms with Crippen molar-refractivity contribution in [1.82, 2.24) is 15.1 Å². The maximum absolute atomic E-state index is 12.4. The standard InChI is InChI=1S/C17H29N3O2/c21-17(18-7-6-14-4-3-9-22-14)20-11-13-10-19-8-2-1-5-16(19)15(13)12-20/h13-16H,1-12H2,(H,18,21)/t13-,14-,15+,16+/m0/s1. The van der Waals surface area contributed by atoms with Gasteiger partial charge in [0, 0.05) is 38.8 Å². The third kappa shape index (κ3) is 2.85. The van der Waals surface area contributed by atoms with E-state index >= 15 is 0 Å². The van der Waals surface area contributed by atoms with Crippen molar-refractivity contribution in [2.75, 3.05) is 39.3 Å². The minimum atomic E-state index is 0.148. The van der Waals surface area contributed by atoms with Crippen LogP contribution < -0.4 is 5.32 Å². The highest BCUT2D eigenvalue weighted by Gasteiger charge is 2.48. The minimum absolute atomic E-state index is 0.148. The highest BCUT2D eigenvalue weighted by Crippen LogP contribution is 2.40. The molecule has 0 aromatic carbocycles. The number of fused-ring (bicyclic) bond motifs is 3. The van der Waals surface area contributed by atoms with E-state index in [-0.39, 0.29) is 6.03 Å². The van der Waals surface area contributed by atoms with Crippen LogP contribution in [-0.2, 0) is 4.74 Å². The number of urea groups is 1. The number of nitrogens with zero attached hydrogens (tertiary/aromatic N) is 2. The smallest absolute Gasteiger partial charge is 0.317 e. The topological polar surface area (TPSA) is 44.8 Å². The van der Waals surface area contributed by atoms with Crippen molar-refractivity contribution in [1.29, 1.82) is 0 Å². The largest absolute Gasteiger partial charge is 0.378 e. The molecule has 4 aliphatic rings. The predicted molar refractivity (Wildman–Crippen MR) is 84.8 cm³/mol. The van der Waals surface area contributed by atoms with E-state index in [9.17, 15) is 4.79 Å². The van der Waals surface area contributed by atoms with Crippen LogP contribution in [0.15, 0.2) is 0 Å². The van der Waals surface area contributed by atoms with E-state index < -0.39 is 0 Å². The van der Waals surface area contributed by atoms with Crippen LogP contribution in [0, 0.1) is 11.8 Å². The molecule has 4 fully saturated rings. The Balaban J connectivity index is 1.23. The third-order valence-corrected chi connectivity index (χ3v) is 6.17. The monoisotopic (exact) mass is 307 g/mol. The molecule has 124 valence electrons. The number of carbonyl (C=O) groups is 1. The number of likely N-dealkylation sites (tertiary alicyclic amines) is 1. The summed E-state index contributed by atoms with van der Waals surface area (Å²) < 4.78 is 5.61. The van der Waals surface area contributed by atoms with E-state index in [2.05, 4.69) is 15.1 Å². The maximum atomic E-state index is 12.4. The minimum Gasteiger partial charge on any atom is -0.378 e. The molecule has 0 aromatic heterocycles. The molecule has 4 saturated heterocycles. The van der Waals surface area contributed by atoms with Crippen LogP contribution in [0.4, 0.5) is 4.79 Å². The average molecular weight is 307 g/mol. The lowest BCUT2D eigenvalue weighted by Crippen LogP contribution is -2.44. The Morgan fingerprint density at radius 3 is 2.95 bits per heavy atom. The quantitative estimate of drug-likeness (QED) is 0.863. The van der Waals surface area contributed by atoms with Crippen molar-refractivity contribution in [2.45, 2.75) is 50.7 Å². The summed E-state index contributed by atoms with van der Waals surface area (Å²) in [6, 6.07) is 0.901. The SMILES string of the molecule is O=C(NCC[C@@H]1CCCO1)N1C[C@@H]2CN3CCCC[C@@H]3[C@@H]2C1. The molecule has 4 aliphatic heterocycles. The first kappa shape index (κ1) is 14.8. The summed E-state index contributed by atoms with van der Waals surface area (Å²) in [5.74, 6) is 1.44. The van der Waals surface area contributed by atoms with Crippen LogP contribution in [0.1, 0.15) is 38.5 Å². The van der Waals surface area contributed by atoms with Crippen molar-refractivity contribution in [2.24, 2.45) is 11.8 Å². The summed E-state index contributed by atoms with van der Waals surface area (Å²) in [6.07, 6.45) is 7.74. The molecule has 5 nitrogen and oxygen atoms in total. The Morgan fingerprint density at radius 2 is 2.09 bits per heavy atom. The summed E-state index contributed by atoms with van der Waals surface area (Å²) in [4.78, 5) is 17.1. The molecule has 0 spiro atoms. The first-order valence-electron chi connectivity index (χ1n) is 9.19. The molecule has 0 bridgehead atoms. The Kier molecular flexibility index (Phi) is 4.27. The summed E-state index contributed by atoms with van der Waals surface area (Å²) in [7, 11) is 0. The van der Waals surface area contributed by atoms with E-state index in [1.54, 1.807) is 0 Å². The van der Waals surface area contributed by atoms with Gasteiger partial charge >= 0.3 is 6.03 Å². The van der Waals surface area contributed by atoms with Gasteiger partial charge in [-0.05, 0) is 50.5 Å². The lowest BCUT2D eigenvalue weighted by Gasteiger charge is -2.33. The summed E-state index contributed by atoms with van der Waals surface area (Å²) in [6.45, 7) is 6.08. The summed E-state index contributed by atoms with van der Waals surface area (Å²) >= 11 is 0. The molecule has 4 rings (SSSR count). The zero-order valence-electron chi connectivity index (χ0n) is 13.5. The highest BCUT2D eigenvalue weighted by molar-refractivity contribution is 5.74. The lowest BCUT2D eigenvalue weighted by molar-refractivity contribution is 0.104. The normalized spacial score (nSPS) is 38.1. The summed E-state index contributed by atoms with van der Waals surface area (Å²) in [5, 5.41) is 3.11. The van der Waals surface area contributed by atoms with Gasteiger partial charge in [-0.15, -0.1) is 0 Å². The summed E-state index contributed by atoms with van der Waals surface area (Å²) in [5.41, 5.74) is 0. The highest BCUT2D eigenvalue weighted by atomic mass is 16.5. The van der Waals surface area contributed by atoms with E-state index in [0.717, 1.165) is 51.0 Å². The molecule has 0 aromatic rings. The lowest BCUT2D eigenvalue weighted by atomic mass is 9.90. The third-order valence-electron chi connectivity index (χ3n) is 6.17. The van der Waals surface area contributed by atoms with Gasteiger partial charge in [-0.25, -0.2) is 4.79 Å². The molecule has 1 N–H and O–H groups in total. The van der Waals surface area contributed by atoms with Crippen LogP contribution in [0.25, 0.3) is 0 Å². The van der Waals surface area contributed by atoms with Crippen LogP contribution in [-0.4, -0.2) is 67.3 Å². The molecule has 0 saturated carbocycles. The molecule has 4 heterocycles. The first-order valence-corrected chi connectivity index (χ1v) is 9.19.